The Morgan fingerprint density at radius 2 is 1.74 bits per heavy atom. The highest BCUT2D eigenvalue weighted by atomic mass is 16.4. The monoisotopic (exact) mass is 361 g/mol. The van der Waals surface area contributed by atoms with Crippen LogP contribution in [0.25, 0.3) is 6.08 Å². The molecule has 138 valence electrons. The Morgan fingerprint density at radius 1 is 1.07 bits per heavy atom. The molecule has 0 saturated heterocycles. The van der Waals surface area contributed by atoms with Gasteiger partial charge in [-0.3, -0.25) is 4.79 Å². The zero-order chi connectivity index (χ0) is 19.0. The number of carboxylic acids is 1. The second kappa shape index (κ2) is 6.69. The maximum absolute atomic E-state index is 13.1. The quantitative estimate of drug-likeness (QED) is 0.852. The molecule has 4 rings (SSSR count). The predicted molar refractivity (Wildman–Crippen MR) is 105 cm³/mol. The van der Waals surface area contributed by atoms with Gasteiger partial charge in [0, 0.05) is 18.4 Å². The van der Waals surface area contributed by atoms with Crippen LogP contribution in [0.1, 0.15) is 45.5 Å². The van der Waals surface area contributed by atoms with Crippen LogP contribution in [0.5, 0.6) is 0 Å². The van der Waals surface area contributed by atoms with Crippen LogP contribution in [0.3, 0.4) is 0 Å². The van der Waals surface area contributed by atoms with E-state index in [1.54, 1.807) is 6.07 Å². The van der Waals surface area contributed by atoms with Crippen molar-refractivity contribution in [1.82, 2.24) is 5.32 Å². The molecule has 1 fully saturated rings. The first-order chi connectivity index (χ1) is 13.0. The van der Waals surface area contributed by atoms with Crippen molar-refractivity contribution >= 4 is 18.0 Å². The molecule has 0 aromatic heterocycles. The summed E-state index contributed by atoms with van der Waals surface area (Å²) in [4.78, 5) is 25.2. The number of hydrogen-bond donors (Lipinski definition) is 2. The molecule has 2 N–H and O–H groups in total. The second-order valence-electron chi connectivity index (χ2n) is 7.70. The minimum atomic E-state index is -1.29. The van der Waals surface area contributed by atoms with Gasteiger partial charge in [-0.2, -0.15) is 0 Å². The minimum absolute atomic E-state index is 0.309. The number of amides is 1. The number of allylic oxidation sites excluding steroid dienone is 1. The van der Waals surface area contributed by atoms with E-state index in [1.165, 1.54) is 12.8 Å². The number of rotatable bonds is 5. The van der Waals surface area contributed by atoms with Crippen LogP contribution in [-0.4, -0.2) is 22.5 Å². The Labute approximate surface area is 158 Å². The number of hydrogen-bond acceptors (Lipinski definition) is 2. The molecule has 1 saturated carbocycles. The summed E-state index contributed by atoms with van der Waals surface area (Å²) in [6, 6.07) is 13.3. The van der Waals surface area contributed by atoms with Crippen LogP contribution < -0.4 is 5.32 Å². The lowest BCUT2D eigenvalue weighted by Crippen LogP contribution is -2.55. The third-order valence-electron chi connectivity index (χ3n) is 5.59. The molecule has 2 aliphatic carbocycles. The number of aryl methyl sites for hydroxylation is 1. The normalized spacial score (nSPS) is 17.7. The lowest BCUT2D eigenvalue weighted by molar-refractivity contribution is -0.144. The first-order valence-electron chi connectivity index (χ1n) is 9.39. The van der Waals surface area contributed by atoms with Crippen molar-refractivity contribution in [1.29, 1.82) is 0 Å². The topological polar surface area (TPSA) is 66.4 Å². The van der Waals surface area contributed by atoms with Crippen LogP contribution in [0.2, 0.25) is 0 Å². The van der Waals surface area contributed by atoms with Gasteiger partial charge in [-0.25, -0.2) is 4.79 Å². The van der Waals surface area contributed by atoms with Gasteiger partial charge in [-0.1, -0.05) is 48.6 Å². The zero-order valence-corrected chi connectivity index (χ0v) is 15.4. The standard InChI is InChI=1S/C23H23NO3/c1-15-5-4-8-20(19(15)12-11-16-9-10-16)21(25)24-23(22(26)27)13-17-6-2-3-7-18(17)14-23/h2-8,11-12,16H,9-10,13-14H2,1H3,(H,24,25)(H,26,27). The van der Waals surface area contributed by atoms with Crippen molar-refractivity contribution in [2.45, 2.75) is 38.1 Å². The first-order valence-corrected chi connectivity index (χ1v) is 9.39. The smallest absolute Gasteiger partial charge is 0.330 e. The van der Waals surface area contributed by atoms with Gasteiger partial charge in [0.1, 0.15) is 5.54 Å². The maximum atomic E-state index is 13.1. The summed E-state index contributed by atoms with van der Waals surface area (Å²) < 4.78 is 0. The molecule has 4 nitrogen and oxygen atoms in total. The van der Waals surface area contributed by atoms with Crippen molar-refractivity contribution in [2.75, 3.05) is 0 Å². The number of carboxylic acid groups (broad SMARTS) is 1. The molecule has 0 aliphatic heterocycles. The Kier molecular flexibility index (Phi) is 4.34. The molecule has 0 radical (unpaired) electrons. The molecule has 0 spiro atoms. The van der Waals surface area contributed by atoms with E-state index < -0.39 is 11.5 Å². The van der Waals surface area contributed by atoms with Gasteiger partial charge >= 0.3 is 5.97 Å². The molecule has 0 atom stereocenters. The summed E-state index contributed by atoms with van der Waals surface area (Å²) in [5.41, 5.74) is 3.10. The first kappa shape index (κ1) is 17.5. The van der Waals surface area contributed by atoms with Gasteiger partial charge in [0.25, 0.3) is 5.91 Å². The Morgan fingerprint density at radius 3 is 2.33 bits per heavy atom. The molecule has 0 bridgehead atoms. The molecule has 2 aliphatic rings. The number of carbonyl (C=O) groups excluding carboxylic acids is 1. The van der Waals surface area contributed by atoms with E-state index in [9.17, 15) is 14.7 Å². The second-order valence-corrected chi connectivity index (χ2v) is 7.70. The highest BCUT2D eigenvalue weighted by Gasteiger charge is 2.45. The lowest BCUT2D eigenvalue weighted by Gasteiger charge is -2.26. The molecule has 0 unspecified atom stereocenters. The minimum Gasteiger partial charge on any atom is -0.479 e. The van der Waals surface area contributed by atoms with Crippen LogP contribution in [0.15, 0.2) is 48.5 Å². The number of fused-ring (bicyclic) bond motifs is 1. The number of carbonyl (C=O) groups is 2. The van der Waals surface area contributed by atoms with E-state index in [0.29, 0.717) is 24.3 Å². The van der Waals surface area contributed by atoms with Gasteiger partial charge in [0.2, 0.25) is 0 Å². The number of nitrogens with one attached hydrogen (secondary N) is 1. The van der Waals surface area contributed by atoms with Crippen molar-refractivity contribution in [3.05, 3.63) is 76.4 Å². The van der Waals surface area contributed by atoms with E-state index in [-0.39, 0.29) is 5.91 Å². The van der Waals surface area contributed by atoms with Gasteiger partial charge < -0.3 is 10.4 Å². The maximum Gasteiger partial charge on any atom is 0.330 e. The van der Waals surface area contributed by atoms with Crippen molar-refractivity contribution < 1.29 is 14.7 Å². The van der Waals surface area contributed by atoms with Gasteiger partial charge in [0.05, 0.1) is 0 Å². The SMILES string of the molecule is Cc1cccc(C(=O)NC2(C(=O)O)Cc3ccccc3C2)c1C=CC1CC1. The number of benzene rings is 2. The van der Waals surface area contributed by atoms with Crippen molar-refractivity contribution in [2.24, 2.45) is 5.92 Å². The van der Waals surface area contributed by atoms with E-state index in [1.807, 2.05) is 49.4 Å². The molecule has 27 heavy (non-hydrogen) atoms. The van der Waals surface area contributed by atoms with E-state index in [0.717, 1.165) is 22.3 Å². The van der Waals surface area contributed by atoms with Crippen molar-refractivity contribution in [3.8, 4) is 0 Å². The Bertz CT molecular complexity index is 915. The van der Waals surface area contributed by atoms with Crippen molar-refractivity contribution in [3.63, 3.8) is 0 Å². The largest absolute Gasteiger partial charge is 0.479 e. The van der Waals surface area contributed by atoms with Gasteiger partial charge in [0.15, 0.2) is 0 Å². The molecule has 0 heterocycles. The molecule has 4 heteroatoms. The Hall–Kier alpha value is -2.88. The van der Waals surface area contributed by atoms with Crippen LogP contribution in [0, 0.1) is 12.8 Å². The third-order valence-corrected chi connectivity index (χ3v) is 5.59. The predicted octanol–water partition coefficient (Wildman–Crippen LogP) is 3.77. The fraction of sp³-hybridized carbons (Fsp3) is 0.304. The molecule has 2 aromatic rings. The summed E-state index contributed by atoms with van der Waals surface area (Å²) in [6.07, 6.45) is 7.18. The lowest BCUT2D eigenvalue weighted by atomic mass is 9.93. The van der Waals surface area contributed by atoms with Gasteiger partial charge in [-0.15, -0.1) is 0 Å². The Balaban J connectivity index is 1.63. The third kappa shape index (κ3) is 3.39. The molecular formula is C23H23NO3. The fourth-order valence-corrected chi connectivity index (χ4v) is 3.81. The van der Waals surface area contributed by atoms with E-state index >= 15 is 0 Å². The van der Waals surface area contributed by atoms with Crippen LogP contribution >= 0.6 is 0 Å². The highest BCUT2D eigenvalue weighted by Crippen LogP contribution is 2.33. The molecule has 1 amide bonds. The number of aliphatic carboxylic acids is 1. The van der Waals surface area contributed by atoms with Crippen LogP contribution in [-0.2, 0) is 17.6 Å². The average Bonchev–Trinajstić information content (AvgIpc) is 3.39. The van der Waals surface area contributed by atoms with E-state index in [4.69, 9.17) is 0 Å². The zero-order valence-electron chi connectivity index (χ0n) is 15.4. The summed E-state index contributed by atoms with van der Waals surface area (Å²) in [5, 5.41) is 12.8. The average molecular weight is 361 g/mol. The van der Waals surface area contributed by atoms with Gasteiger partial charge in [-0.05, 0) is 54.0 Å². The summed E-state index contributed by atoms with van der Waals surface area (Å²) in [7, 11) is 0. The fourth-order valence-electron chi connectivity index (χ4n) is 3.81. The van der Waals surface area contributed by atoms with E-state index in [2.05, 4.69) is 11.4 Å². The highest BCUT2D eigenvalue weighted by molar-refractivity contribution is 6.01. The molecule has 2 aromatic carbocycles. The molecular weight excluding hydrogens is 338 g/mol. The van der Waals surface area contributed by atoms with Crippen LogP contribution in [0.4, 0.5) is 0 Å². The summed E-state index contributed by atoms with van der Waals surface area (Å²) in [6.45, 7) is 1.97. The summed E-state index contributed by atoms with van der Waals surface area (Å²) in [5.74, 6) is -0.714. The summed E-state index contributed by atoms with van der Waals surface area (Å²) >= 11 is 0.